The van der Waals surface area contributed by atoms with E-state index in [0.717, 1.165) is 6.42 Å². The highest BCUT2D eigenvalue weighted by molar-refractivity contribution is 6.03. The number of nitrogens with zero attached hydrogens (tertiary/aromatic N) is 1. The summed E-state index contributed by atoms with van der Waals surface area (Å²) < 4.78 is 0. The van der Waals surface area contributed by atoms with Crippen LogP contribution in [-0.4, -0.2) is 29.9 Å². The van der Waals surface area contributed by atoms with E-state index >= 15 is 0 Å². The van der Waals surface area contributed by atoms with E-state index in [1.165, 1.54) is 4.90 Å². The zero-order valence-electron chi connectivity index (χ0n) is 7.63. The second-order valence-electron chi connectivity index (χ2n) is 3.55. The molecule has 1 rings (SSSR count). The number of imide groups is 1. The van der Waals surface area contributed by atoms with Crippen molar-refractivity contribution in [3.8, 4) is 0 Å². The number of urea groups is 1. The lowest BCUT2D eigenvalue weighted by atomic mass is 10.0. The van der Waals surface area contributed by atoms with Crippen LogP contribution in [0.4, 0.5) is 4.79 Å². The standard InChI is InChI=1S/C8H14N2O2/c1-5(2)4-6-7(11)9-8(12)10(6)3/h5-6H,4H2,1-3H3,(H,9,11,12)/t6-/m0/s1. The van der Waals surface area contributed by atoms with Crippen LogP contribution in [0.1, 0.15) is 20.3 Å². The van der Waals surface area contributed by atoms with Crippen molar-refractivity contribution in [2.45, 2.75) is 26.3 Å². The van der Waals surface area contributed by atoms with Gasteiger partial charge in [0.15, 0.2) is 0 Å². The minimum Gasteiger partial charge on any atom is -0.315 e. The quantitative estimate of drug-likeness (QED) is 0.616. The van der Waals surface area contributed by atoms with Crippen molar-refractivity contribution in [1.82, 2.24) is 10.2 Å². The first-order valence-corrected chi connectivity index (χ1v) is 4.10. The minimum absolute atomic E-state index is 0.170. The highest BCUT2D eigenvalue weighted by atomic mass is 16.2. The molecule has 0 saturated carbocycles. The van der Waals surface area contributed by atoms with Crippen LogP contribution in [0.25, 0.3) is 0 Å². The molecule has 0 aromatic heterocycles. The van der Waals surface area contributed by atoms with Crippen LogP contribution in [0.5, 0.6) is 0 Å². The third kappa shape index (κ3) is 1.57. The number of carbonyl (C=O) groups is 2. The van der Waals surface area contributed by atoms with Crippen LogP contribution in [0.3, 0.4) is 0 Å². The largest absolute Gasteiger partial charge is 0.324 e. The molecule has 1 fully saturated rings. The molecule has 1 saturated heterocycles. The molecule has 68 valence electrons. The first-order valence-electron chi connectivity index (χ1n) is 4.10. The molecule has 4 nitrogen and oxygen atoms in total. The fourth-order valence-corrected chi connectivity index (χ4v) is 1.31. The average Bonchev–Trinajstić information content (AvgIpc) is 2.16. The molecular formula is C8H14N2O2. The molecule has 0 bridgehead atoms. The van der Waals surface area contributed by atoms with Crippen LogP contribution in [0, 0.1) is 5.92 Å². The van der Waals surface area contributed by atoms with Crippen molar-refractivity contribution < 1.29 is 9.59 Å². The average molecular weight is 170 g/mol. The van der Waals surface area contributed by atoms with Gasteiger partial charge in [-0.05, 0) is 12.3 Å². The first kappa shape index (κ1) is 9.03. The maximum atomic E-state index is 11.2. The Labute approximate surface area is 71.9 Å². The van der Waals surface area contributed by atoms with Gasteiger partial charge in [0, 0.05) is 7.05 Å². The molecule has 1 aliphatic rings. The monoisotopic (exact) mass is 170 g/mol. The van der Waals surface area contributed by atoms with Crippen LogP contribution in [0.2, 0.25) is 0 Å². The summed E-state index contributed by atoms with van der Waals surface area (Å²) >= 11 is 0. The zero-order chi connectivity index (χ0) is 9.30. The highest BCUT2D eigenvalue weighted by Crippen LogP contribution is 2.14. The molecular weight excluding hydrogens is 156 g/mol. The van der Waals surface area contributed by atoms with Crippen molar-refractivity contribution >= 4 is 11.9 Å². The highest BCUT2D eigenvalue weighted by Gasteiger charge is 2.35. The van der Waals surface area contributed by atoms with Gasteiger partial charge in [-0.2, -0.15) is 0 Å². The van der Waals surface area contributed by atoms with Gasteiger partial charge in [-0.15, -0.1) is 0 Å². The van der Waals surface area contributed by atoms with Crippen LogP contribution >= 0.6 is 0 Å². The molecule has 12 heavy (non-hydrogen) atoms. The number of rotatable bonds is 2. The second-order valence-corrected chi connectivity index (χ2v) is 3.55. The number of nitrogens with one attached hydrogen (secondary N) is 1. The lowest BCUT2D eigenvalue weighted by Crippen LogP contribution is -2.32. The molecule has 0 unspecified atom stereocenters. The van der Waals surface area contributed by atoms with Gasteiger partial charge >= 0.3 is 6.03 Å². The molecule has 1 atom stereocenters. The van der Waals surface area contributed by atoms with E-state index in [2.05, 4.69) is 5.32 Å². The number of amides is 3. The van der Waals surface area contributed by atoms with Gasteiger partial charge < -0.3 is 4.90 Å². The summed E-state index contributed by atoms with van der Waals surface area (Å²) in [6.45, 7) is 4.06. The minimum atomic E-state index is -0.286. The van der Waals surface area contributed by atoms with Crippen molar-refractivity contribution in [1.29, 1.82) is 0 Å². The molecule has 0 spiro atoms. The van der Waals surface area contributed by atoms with Crippen LogP contribution in [0.15, 0.2) is 0 Å². The fourth-order valence-electron chi connectivity index (χ4n) is 1.31. The van der Waals surface area contributed by atoms with Gasteiger partial charge in [0.1, 0.15) is 6.04 Å². The maximum Gasteiger partial charge on any atom is 0.324 e. The summed E-state index contributed by atoms with van der Waals surface area (Å²) in [6.07, 6.45) is 0.730. The molecule has 4 heteroatoms. The Kier molecular flexibility index (Phi) is 2.35. The summed E-state index contributed by atoms with van der Waals surface area (Å²) in [6, 6.07) is -0.553. The van der Waals surface area contributed by atoms with Gasteiger partial charge in [-0.3, -0.25) is 10.1 Å². The Hall–Kier alpha value is -1.06. The predicted octanol–water partition coefficient (Wildman–Crippen LogP) is 0.583. The van der Waals surface area contributed by atoms with Crippen molar-refractivity contribution in [3.63, 3.8) is 0 Å². The van der Waals surface area contributed by atoms with Crippen molar-refractivity contribution in [3.05, 3.63) is 0 Å². The van der Waals surface area contributed by atoms with E-state index in [1.54, 1.807) is 7.05 Å². The van der Waals surface area contributed by atoms with E-state index in [1.807, 2.05) is 13.8 Å². The third-order valence-corrected chi connectivity index (χ3v) is 2.02. The fraction of sp³-hybridized carbons (Fsp3) is 0.750. The van der Waals surface area contributed by atoms with E-state index in [4.69, 9.17) is 0 Å². The molecule has 0 aromatic carbocycles. The van der Waals surface area contributed by atoms with Gasteiger partial charge in [-0.1, -0.05) is 13.8 Å². The SMILES string of the molecule is CC(C)C[C@H]1C(=O)NC(=O)N1C. The van der Waals surface area contributed by atoms with Crippen molar-refractivity contribution in [2.24, 2.45) is 5.92 Å². The van der Waals surface area contributed by atoms with Gasteiger partial charge in [0.05, 0.1) is 0 Å². The lowest BCUT2D eigenvalue weighted by molar-refractivity contribution is -0.121. The number of carbonyl (C=O) groups excluding carboxylic acids is 2. The van der Waals surface area contributed by atoms with Gasteiger partial charge in [-0.25, -0.2) is 4.79 Å². The van der Waals surface area contributed by atoms with E-state index in [0.29, 0.717) is 5.92 Å². The van der Waals surface area contributed by atoms with E-state index in [-0.39, 0.29) is 18.0 Å². The summed E-state index contributed by atoms with van der Waals surface area (Å²) in [5.41, 5.74) is 0. The Morgan fingerprint density at radius 1 is 1.50 bits per heavy atom. The first-order chi connectivity index (χ1) is 5.52. The van der Waals surface area contributed by atoms with Crippen molar-refractivity contribution in [2.75, 3.05) is 7.05 Å². The summed E-state index contributed by atoms with van der Waals surface area (Å²) in [4.78, 5) is 23.6. The van der Waals surface area contributed by atoms with Crippen LogP contribution in [-0.2, 0) is 4.79 Å². The molecule has 1 heterocycles. The predicted molar refractivity (Wildman–Crippen MR) is 44.5 cm³/mol. The Morgan fingerprint density at radius 3 is 2.42 bits per heavy atom. The van der Waals surface area contributed by atoms with Gasteiger partial charge in [0.25, 0.3) is 5.91 Å². The molecule has 3 amide bonds. The maximum absolute atomic E-state index is 11.2. The number of likely N-dealkylation sites (N-methyl/N-ethyl adjacent to an activating group) is 1. The lowest BCUT2D eigenvalue weighted by Gasteiger charge is -2.17. The second kappa shape index (κ2) is 3.13. The normalized spacial score (nSPS) is 23.7. The third-order valence-electron chi connectivity index (χ3n) is 2.02. The molecule has 1 aliphatic heterocycles. The number of hydrogen-bond donors (Lipinski definition) is 1. The van der Waals surface area contributed by atoms with E-state index < -0.39 is 0 Å². The Balaban J connectivity index is 2.63. The summed E-state index contributed by atoms with van der Waals surface area (Å²) in [5.74, 6) is 0.255. The van der Waals surface area contributed by atoms with Crippen LogP contribution < -0.4 is 5.32 Å². The summed E-state index contributed by atoms with van der Waals surface area (Å²) in [5, 5.41) is 2.27. The van der Waals surface area contributed by atoms with E-state index in [9.17, 15) is 9.59 Å². The number of hydrogen-bond acceptors (Lipinski definition) is 2. The molecule has 0 aromatic rings. The molecule has 0 radical (unpaired) electrons. The smallest absolute Gasteiger partial charge is 0.315 e. The Morgan fingerprint density at radius 2 is 2.08 bits per heavy atom. The zero-order valence-corrected chi connectivity index (χ0v) is 7.63. The van der Waals surface area contributed by atoms with Gasteiger partial charge in [0.2, 0.25) is 0 Å². The Bertz CT molecular complexity index is 213. The topological polar surface area (TPSA) is 49.4 Å². The molecule has 0 aliphatic carbocycles. The molecule has 1 N–H and O–H groups in total. The summed E-state index contributed by atoms with van der Waals surface area (Å²) in [7, 11) is 1.65.